The maximum Gasteiger partial charge on any atom is 0.280 e. The minimum absolute atomic E-state index is 0.128. The van der Waals surface area contributed by atoms with E-state index in [-0.39, 0.29) is 17.3 Å². The molecule has 0 saturated carbocycles. The van der Waals surface area contributed by atoms with Crippen molar-refractivity contribution in [2.75, 3.05) is 25.6 Å². The first kappa shape index (κ1) is 20.6. The molecule has 0 aliphatic heterocycles. The van der Waals surface area contributed by atoms with Crippen molar-refractivity contribution in [1.29, 1.82) is 0 Å². The number of alkyl halides is 2. The molecule has 3 rings (SSSR count). The fourth-order valence-corrected chi connectivity index (χ4v) is 2.69. The third-order valence-corrected chi connectivity index (χ3v) is 4.00. The van der Waals surface area contributed by atoms with Crippen LogP contribution in [0, 0.1) is 0 Å². The molecule has 0 unspecified atom stereocenters. The van der Waals surface area contributed by atoms with E-state index >= 15 is 0 Å². The molecule has 0 saturated heterocycles. The predicted octanol–water partition coefficient (Wildman–Crippen LogP) is 3.29. The summed E-state index contributed by atoms with van der Waals surface area (Å²) in [6.07, 6.45) is 2.19. The van der Waals surface area contributed by atoms with Crippen LogP contribution >= 0.6 is 0 Å². The molecule has 0 fully saturated rings. The van der Waals surface area contributed by atoms with E-state index < -0.39 is 18.0 Å². The van der Waals surface area contributed by atoms with Crippen LogP contribution in [0.15, 0.2) is 30.6 Å². The highest BCUT2D eigenvalue weighted by molar-refractivity contribution is 6.03. The Balaban J connectivity index is 1.87. The number of fused-ring (bicyclic) bond motifs is 1. The quantitative estimate of drug-likeness (QED) is 0.550. The Hall–Kier alpha value is -3.14. The number of amides is 1. The second-order valence-electron chi connectivity index (χ2n) is 6.13. The Labute approximate surface area is 165 Å². The highest BCUT2D eigenvalue weighted by atomic mass is 19.3. The lowest BCUT2D eigenvalue weighted by Gasteiger charge is -2.11. The van der Waals surface area contributed by atoms with Gasteiger partial charge in [0.2, 0.25) is 11.7 Å². The van der Waals surface area contributed by atoms with Gasteiger partial charge in [-0.15, -0.1) is 0 Å². The molecule has 8 nitrogen and oxygen atoms in total. The molecule has 29 heavy (non-hydrogen) atoms. The average Bonchev–Trinajstić information content (AvgIpc) is 3.10. The van der Waals surface area contributed by atoms with E-state index in [0.29, 0.717) is 25.4 Å². The molecular weight excluding hydrogens is 384 g/mol. The Bertz CT molecular complexity index is 993. The summed E-state index contributed by atoms with van der Waals surface area (Å²) in [5.41, 5.74) is 0.518. The summed E-state index contributed by atoms with van der Waals surface area (Å²) in [5, 5.41) is 2.63. The molecule has 0 bridgehead atoms. The molecule has 0 aromatic carbocycles. The number of methoxy groups -OCH3 is 1. The summed E-state index contributed by atoms with van der Waals surface area (Å²) in [7, 11) is 1.64. The highest BCUT2D eigenvalue weighted by Crippen LogP contribution is 2.24. The molecule has 0 atom stereocenters. The normalized spacial score (nSPS) is 11.2. The van der Waals surface area contributed by atoms with Crippen LogP contribution in [0.2, 0.25) is 0 Å². The van der Waals surface area contributed by atoms with Crippen LogP contribution < -0.4 is 10.1 Å². The number of aryl methyl sites for hydroxylation is 1. The van der Waals surface area contributed by atoms with Crippen molar-refractivity contribution in [3.63, 3.8) is 0 Å². The summed E-state index contributed by atoms with van der Waals surface area (Å²) in [5.74, 6) is -0.0286. The smallest absolute Gasteiger partial charge is 0.280 e. The third-order valence-electron chi connectivity index (χ3n) is 4.00. The summed E-state index contributed by atoms with van der Waals surface area (Å²) >= 11 is 0. The average molecular weight is 405 g/mol. The van der Waals surface area contributed by atoms with Crippen molar-refractivity contribution in [1.82, 2.24) is 19.4 Å². The largest absolute Gasteiger partial charge is 0.476 e. The van der Waals surface area contributed by atoms with Crippen LogP contribution in [0.25, 0.3) is 5.78 Å². The molecule has 3 aromatic rings. The Morgan fingerprint density at radius 1 is 1.24 bits per heavy atom. The number of halogens is 2. The van der Waals surface area contributed by atoms with Crippen LogP contribution in [0.3, 0.4) is 0 Å². The summed E-state index contributed by atoms with van der Waals surface area (Å²) < 4.78 is 37.9. The number of nitrogens with zero attached hydrogens (tertiary/aromatic N) is 4. The number of carbonyl (C=O) groups is 1. The standard InChI is InChI=1S/C19H21F2N5O3/c1-3-29-18-15(24-17(27)14-8-4-7-13(23-14)16(20)21)11-26-10-12(6-5-9-28-2)22-19(26)25-18/h4,7-8,10-11,16H,3,5-6,9H2,1-2H3,(H,24,27). The lowest BCUT2D eigenvalue weighted by Crippen LogP contribution is -2.16. The zero-order valence-electron chi connectivity index (χ0n) is 16.1. The van der Waals surface area contributed by atoms with Crippen LogP contribution in [0.4, 0.5) is 14.5 Å². The molecule has 10 heteroatoms. The fourth-order valence-electron chi connectivity index (χ4n) is 2.69. The topological polar surface area (TPSA) is 90.6 Å². The number of nitrogens with one attached hydrogen (secondary N) is 1. The van der Waals surface area contributed by atoms with Gasteiger partial charge in [-0.2, -0.15) is 4.98 Å². The first-order valence-corrected chi connectivity index (χ1v) is 9.08. The van der Waals surface area contributed by atoms with E-state index in [0.717, 1.165) is 18.2 Å². The Morgan fingerprint density at radius 2 is 2.07 bits per heavy atom. The molecule has 3 heterocycles. The molecule has 0 aliphatic carbocycles. The number of anilines is 1. The molecule has 1 amide bonds. The number of hydrogen-bond donors (Lipinski definition) is 1. The summed E-state index contributed by atoms with van der Waals surface area (Å²) in [4.78, 5) is 25.0. The van der Waals surface area contributed by atoms with Gasteiger partial charge in [0.05, 0.1) is 12.3 Å². The van der Waals surface area contributed by atoms with E-state index in [9.17, 15) is 13.6 Å². The monoisotopic (exact) mass is 405 g/mol. The van der Waals surface area contributed by atoms with Gasteiger partial charge in [0.25, 0.3) is 12.3 Å². The molecule has 1 N–H and O–H groups in total. The van der Waals surface area contributed by atoms with Crippen molar-refractivity contribution in [2.45, 2.75) is 26.2 Å². The van der Waals surface area contributed by atoms with Crippen LogP contribution in [0.1, 0.15) is 41.6 Å². The van der Waals surface area contributed by atoms with Crippen molar-refractivity contribution in [3.8, 4) is 5.88 Å². The molecule has 3 aromatic heterocycles. The maximum absolute atomic E-state index is 12.8. The zero-order valence-corrected chi connectivity index (χ0v) is 16.1. The van der Waals surface area contributed by atoms with Gasteiger partial charge >= 0.3 is 0 Å². The zero-order chi connectivity index (χ0) is 20.8. The third kappa shape index (κ3) is 5.02. The van der Waals surface area contributed by atoms with Gasteiger partial charge in [0.15, 0.2) is 0 Å². The fraction of sp³-hybridized carbons (Fsp3) is 0.368. The molecule has 0 spiro atoms. The second kappa shape index (κ2) is 9.37. The predicted molar refractivity (Wildman–Crippen MR) is 102 cm³/mol. The lowest BCUT2D eigenvalue weighted by atomic mass is 10.3. The van der Waals surface area contributed by atoms with E-state index in [1.165, 1.54) is 12.1 Å². The number of ether oxygens (including phenoxy) is 2. The number of pyridine rings is 1. The maximum atomic E-state index is 12.8. The van der Waals surface area contributed by atoms with E-state index in [2.05, 4.69) is 20.3 Å². The Morgan fingerprint density at radius 3 is 2.79 bits per heavy atom. The summed E-state index contributed by atoms with van der Waals surface area (Å²) in [6.45, 7) is 2.73. The molecule has 154 valence electrons. The first-order chi connectivity index (χ1) is 14.0. The van der Waals surface area contributed by atoms with E-state index in [1.807, 2.05) is 0 Å². The van der Waals surface area contributed by atoms with Gasteiger partial charge < -0.3 is 14.8 Å². The van der Waals surface area contributed by atoms with Crippen molar-refractivity contribution < 1.29 is 23.0 Å². The number of carbonyl (C=O) groups excluding carboxylic acids is 1. The number of rotatable bonds is 9. The van der Waals surface area contributed by atoms with Crippen molar-refractivity contribution in [3.05, 3.63) is 47.7 Å². The van der Waals surface area contributed by atoms with Crippen molar-refractivity contribution >= 4 is 17.4 Å². The van der Waals surface area contributed by atoms with E-state index in [4.69, 9.17) is 9.47 Å². The summed E-state index contributed by atoms with van der Waals surface area (Å²) in [6, 6.07) is 3.88. The minimum Gasteiger partial charge on any atom is -0.476 e. The van der Waals surface area contributed by atoms with Gasteiger partial charge in [0, 0.05) is 26.1 Å². The first-order valence-electron chi connectivity index (χ1n) is 9.08. The molecule has 0 aliphatic rings. The number of hydrogen-bond acceptors (Lipinski definition) is 6. The number of aromatic nitrogens is 4. The van der Waals surface area contributed by atoms with Gasteiger partial charge in [-0.25, -0.2) is 18.7 Å². The highest BCUT2D eigenvalue weighted by Gasteiger charge is 2.17. The van der Waals surface area contributed by atoms with Crippen molar-refractivity contribution in [2.24, 2.45) is 0 Å². The van der Waals surface area contributed by atoms with Crippen LogP contribution in [0.5, 0.6) is 5.88 Å². The lowest BCUT2D eigenvalue weighted by molar-refractivity contribution is 0.101. The second-order valence-corrected chi connectivity index (χ2v) is 6.13. The van der Waals surface area contributed by atoms with Crippen LogP contribution in [-0.4, -0.2) is 45.6 Å². The van der Waals surface area contributed by atoms with Gasteiger partial charge in [-0.05, 0) is 31.9 Å². The molecule has 0 radical (unpaired) electrons. The minimum atomic E-state index is -2.76. The SMILES string of the molecule is CCOc1nc2nc(CCCOC)cn2cc1NC(=O)c1cccc(C(F)F)n1. The van der Waals surface area contributed by atoms with Gasteiger partial charge in [-0.3, -0.25) is 9.20 Å². The number of imidazole rings is 1. The van der Waals surface area contributed by atoms with E-state index in [1.54, 1.807) is 30.8 Å². The van der Waals surface area contributed by atoms with Crippen LogP contribution in [-0.2, 0) is 11.2 Å². The van der Waals surface area contributed by atoms with Gasteiger partial charge in [0.1, 0.15) is 17.1 Å². The Kier molecular flexibility index (Phi) is 6.65. The van der Waals surface area contributed by atoms with Gasteiger partial charge in [-0.1, -0.05) is 6.07 Å². The molecular formula is C19H21F2N5O3.